The van der Waals surface area contributed by atoms with Crippen molar-refractivity contribution in [1.82, 2.24) is 9.88 Å². The highest BCUT2D eigenvalue weighted by Gasteiger charge is 2.00. The van der Waals surface area contributed by atoms with Crippen molar-refractivity contribution in [3.63, 3.8) is 0 Å². The minimum Gasteiger partial charge on any atom is -0.359 e. The number of hydrogen-bond acceptors (Lipinski definition) is 2. The Morgan fingerprint density at radius 2 is 2.27 bits per heavy atom. The van der Waals surface area contributed by atoms with Crippen LogP contribution in [0.15, 0.2) is 27.6 Å². The summed E-state index contributed by atoms with van der Waals surface area (Å²) in [4.78, 5) is 22.3. The number of aryl methyl sites for hydroxylation is 1. The molecule has 0 saturated carbocycles. The zero-order valence-corrected chi connectivity index (χ0v) is 10.1. The Bertz CT molecular complexity index is 401. The first-order chi connectivity index (χ1) is 7.13. The van der Waals surface area contributed by atoms with E-state index in [4.69, 9.17) is 0 Å². The number of hydrogen-bond donors (Lipinski definition) is 1. The van der Waals surface area contributed by atoms with Gasteiger partial charge in [0.25, 0.3) is 5.56 Å². The Kier molecular flexibility index (Phi) is 4.55. The van der Waals surface area contributed by atoms with Crippen LogP contribution in [-0.4, -0.2) is 17.5 Å². The van der Waals surface area contributed by atoms with Crippen molar-refractivity contribution in [3.8, 4) is 0 Å². The van der Waals surface area contributed by atoms with Crippen LogP contribution < -0.4 is 10.9 Å². The topological polar surface area (TPSA) is 51.1 Å². The average Bonchev–Trinajstić information content (AvgIpc) is 2.23. The highest BCUT2D eigenvalue weighted by molar-refractivity contribution is 9.10. The van der Waals surface area contributed by atoms with Gasteiger partial charge in [-0.3, -0.25) is 9.59 Å². The van der Waals surface area contributed by atoms with E-state index < -0.39 is 0 Å². The molecule has 4 nitrogen and oxygen atoms in total. The van der Waals surface area contributed by atoms with Gasteiger partial charge < -0.3 is 9.88 Å². The summed E-state index contributed by atoms with van der Waals surface area (Å²) in [5, 5.41) is 2.54. The Labute approximate surface area is 96.4 Å². The Morgan fingerprint density at radius 1 is 1.53 bits per heavy atom. The largest absolute Gasteiger partial charge is 0.359 e. The van der Waals surface area contributed by atoms with Crippen LogP contribution in [0, 0.1) is 0 Å². The van der Waals surface area contributed by atoms with E-state index in [1.807, 2.05) is 0 Å². The van der Waals surface area contributed by atoms with Gasteiger partial charge >= 0.3 is 0 Å². The molecule has 5 heteroatoms. The molecule has 0 aliphatic rings. The molecule has 0 radical (unpaired) electrons. The predicted molar refractivity (Wildman–Crippen MR) is 61.7 cm³/mol. The molecule has 0 aliphatic carbocycles. The standard InChI is InChI=1S/C10H13BrN2O2/c1-12-9(14)3-2-6-13-7-8(11)4-5-10(13)15/h4-5,7H,2-3,6H2,1H3,(H,12,14). The molecule has 0 aromatic carbocycles. The number of pyridine rings is 1. The van der Waals surface area contributed by atoms with Crippen molar-refractivity contribution in [2.24, 2.45) is 0 Å². The lowest BCUT2D eigenvalue weighted by molar-refractivity contribution is -0.120. The maximum atomic E-state index is 11.4. The number of nitrogens with zero attached hydrogens (tertiary/aromatic N) is 1. The molecule has 1 amide bonds. The molecular formula is C10H13BrN2O2. The SMILES string of the molecule is CNC(=O)CCCn1cc(Br)ccc1=O. The summed E-state index contributed by atoms with van der Waals surface area (Å²) in [5.74, 6) is -0.00181. The number of halogens is 1. The zero-order valence-electron chi connectivity index (χ0n) is 8.50. The Morgan fingerprint density at radius 3 is 2.93 bits per heavy atom. The van der Waals surface area contributed by atoms with Crippen LogP contribution in [0.5, 0.6) is 0 Å². The summed E-state index contributed by atoms with van der Waals surface area (Å²) < 4.78 is 2.45. The van der Waals surface area contributed by atoms with Crippen molar-refractivity contribution in [2.45, 2.75) is 19.4 Å². The maximum Gasteiger partial charge on any atom is 0.250 e. The molecular weight excluding hydrogens is 260 g/mol. The molecule has 1 N–H and O–H groups in total. The molecule has 1 aromatic rings. The average molecular weight is 273 g/mol. The summed E-state index contributed by atoms with van der Waals surface area (Å²) in [6, 6.07) is 3.21. The number of amides is 1. The number of rotatable bonds is 4. The smallest absolute Gasteiger partial charge is 0.250 e. The van der Waals surface area contributed by atoms with Gasteiger partial charge in [0.2, 0.25) is 5.91 Å². The van der Waals surface area contributed by atoms with E-state index in [1.54, 1.807) is 23.9 Å². The van der Waals surface area contributed by atoms with Gasteiger partial charge in [-0.25, -0.2) is 0 Å². The van der Waals surface area contributed by atoms with Crippen LogP contribution in [0.25, 0.3) is 0 Å². The fourth-order valence-electron chi connectivity index (χ4n) is 1.21. The molecule has 0 atom stereocenters. The molecule has 0 spiro atoms. The van der Waals surface area contributed by atoms with Gasteiger partial charge in [0.15, 0.2) is 0 Å². The molecule has 1 aromatic heterocycles. The van der Waals surface area contributed by atoms with Gasteiger partial charge in [0.05, 0.1) is 0 Å². The Balaban J connectivity index is 2.54. The van der Waals surface area contributed by atoms with E-state index in [9.17, 15) is 9.59 Å². The molecule has 0 fully saturated rings. The lowest BCUT2D eigenvalue weighted by Gasteiger charge is -2.05. The number of nitrogens with one attached hydrogen (secondary N) is 1. The van der Waals surface area contributed by atoms with Gasteiger partial charge in [-0.1, -0.05) is 0 Å². The van der Waals surface area contributed by atoms with Gasteiger partial charge in [-0.05, 0) is 28.4 Å². The van der Waals surface area contributed by atoms with Crippen LogP contribution in [0.4, 0.5) is 0 Å². The van der Waals surface area contributed by atoms with Crippen molar-refractivity contribution in [1.29, 1.82) is 0 Å². The fourth-order valence-corrected chi connectivity index (χ4v) is 1.59. The van der Waals surface area contributed by atoms with Crippen molar-refractivity contribution in [3.05, 3.63) is 33.2 Å². The van der Waals surface area contributed by atoms with E-state index >= 15 is 0 Å². The predicted octanol–water partition coefficient (Wildman–Crippen LogP) is 1.14. The van der Waals surface area contributed by atoms with E-state index in [2.05, 4.69) is 21.2 Å². The molecule has 0 aliphatic heterocycles. The number of aromatic nitrogens is 1. The van der Waals surface area contributed by atoms with E-state index in [0.29, 0.717) is 19.4 Å². The molecule has 15 heavy (non-hydrogen) atoms. The highest BCUT2D eigenvalue weighted by Crippen LogP contribution is 2.05. The van der Waals surface area contributed by atoms with Crippen LogP contribution in [-0.2, 0) is 11.3 Å². The second-order valence-corrected chi connectivity index (χ2v) is 4.07. The second kappa shape index (κ2) is 5.70. The molecule has 0 saturated heterocycles. The maximum absolute atomic E-state index is 11.4. The first-order valence-corrected chi connectivity index (χ1v) is 5.49. The zero-order chi connectivity index (χ0) is 11.3. The summed E-state index contributed by atoms with van der Waals surface area (Å²) >= 11 is 3.29. The van der Waals surface area contributed by atoms with Gasteiger partial charge in [0, 0.05) is 36.7 Å². The van der Waals surface area contributed by atoms with Crippen LogP contribution in [0.3, 0.4) is 0 Å². The van der Waals surface area contributed by atoms with Crippen molar-refractivity contribution < 1.29 is 4.79 Å². The molecule has 1 rings (SSSR count). The van der Waals surface area contributed by atoms with Gasteiger partial charge in [0.1, 0.15) is 0 Å². The number of carbonyl (C=O) groups is 1. The minimum atomic E-state index is -0.0462. The molecule has 0 unspecified atom stereocenters. The van der Waals surface area contributed by atoms with Crippen molar-refractivity contribution in [2.75, 3.05) is 7.05 Å². The third-order valence-electron chi connectivity index (χ3n) is 2.03. The monoisotopic (exact) mass is 272 g/mol. The first kappa shape index (κ1) is 12.0. The van der Waals surface area contributed by atoms with Crippen LogP contribution in [0.2, 0.25) is 0 Å². The van der Waals surface area contributed by atoms with Crippen LogP contribution in [0.1, 0.15) is 12.8 Å². The van der Waals surface area contributed by atoms with Gasteiger partial charge in [-0.2, -0.15) is 0 Å². The highest BCUT2D eigenvalue weighted by atomic mass is 79.9. The lowest BCUT2D eigenvalue weighted by Crippen LogP contribution is -2.21. The van der Waals surface area contributed by atoms with E-state index in [-0.39, 0.29) is 11.5 Å². The third kappa shape index (κ3) is 3.87. The lowest BCUT2D eigenvalue weighted by atomic mass is 10.3. The second-order valence-electron chi connectivity index (χ2n) is 3.16. The first-order valence-electron chi connectivity index (χ1n) is 4.70. The Hall–Kier alpha value is -1.10. The summed E-state index contributed by atoms with van der Waals surface area (Å²) in [6.45, 7) is 0.561. The fraction of sp³-hybridized carbons (Fsp3) is 0.400. The molecule has 1 heterocycles. The quantitative estimate of drug-likeness (QED) is 0.894. The van der Waals surface area contributed by atoms with E-state index in [1.165, 1.54) is 6.07 Å². The van der Waals surface area contributed by atoms with Crippen molar-refractivity contribution >= 4 is 21.8 Å². The number of carbonyl (C=O) groups excluding carboxylic acids is 1. The van der Waals surface area contributed by atoms with Crippen LogP contribution >= 0.6 is 15.9 Å². The summed E-state index contributed by atoms with van der Waals surface area (Å²) in [6.07, 6.45) is 2.83. The molecule has 82 valence electrons. The summed E-state index contributed by atoms with van der Waals surface area (Å²) in [5.41, 5.74) is -0.0462. The van der Waals surface area contributed by atoms with Gasteiger partial charge in [-0.15, -0.1) is 0 Å². The minimum absolute atomic E-state index is 0.00181. The summed E-state index contributed by atoms with van der Waals surface area (Å²) in [7, 11) is 1.60. The molecule has 0 bridgehead atoms. The third-order valence-corrected chi connectivity index (χ3v) is 2.50. The van der Waals surface area contributed by atoms with E-state index in [0.717, 1.165) is 4.47 Å². The normalized spacial score (nSPS) is 10.0.